The maximum absolute atomic E-state index is 13.1. The Morgan fingerprint density at radius 1 is 0.947 bits per heavy atom. The smallest absolute Gasteiger partial charge is 0.360 e. The number of methoxy groups -OCH3 is 2. The number of carbonyl (C=O) groups excluding carboxylic acids is 2. The summed E-state index contributed by atoms with van der Waals surface area (Å²) < 4.78 is 21.5. The van der Waals surface area contributed by atoms with E-state index in [1.165, 1.54) is 33.3 Å². The summed E-state index contributed by atoms with van der Waals surface area (Å²) in [6, 6.07) is 16.4. The third-order valence-electron chi connectivity index (χ3n) is 5.80. The number of hydrogen-bond acceptors (Lipinski definition) is 7. The molecule has 1 amide bonds. The summed E-state index contributed by atoms with van der Waals surface area (Å²) in [5, 5.41) is 3.43. The number of ether oxygens (including phenoxy) is 3. The van der Waals surface area contributed by atoms with Crippen LogP contribution in [0.1, 0.15) is 23.6 Å². The van der Waals surface area contributed by atoms with E-state index in [0.717, 1.165) is 22.1 Å². The van der Waals surface area contributed by atoms with E-state index in [2.05, 4.69) is 5.32 Å². The van der Waals surface area contributed by atoms with Crippen molar-refractivity contribution in [2.24, 2.45) is 0 Å². The fourth-order valence-electron chi connectivity index (χ4n) is 4.25. The van der Waals surface area contributed by atoms with Gasteiger partial charge in [0.2, 0.25) is 11.7 Å². The zero-order valence-corrected chi connectivity index (χ0v) is 21.7. The molecular formula is C30H27NO7. The van der Waals surface area contributed by atoms with E-state index in [1.54, 1.807) is 12.1 Å². The Bertz CT molecular complexity index is 1590. The van der Waals surface area contributed by atoms with Gasteiger partial charge in [0.15, 0.2) is 11.5 Å². The van der Waals surface area contributed by atoms with E-state index >= 15 is 0 Å². The van der Waals surface area contributed by atoms with Gasteiger partial charge < -0.3 is 23.9 Å². The van der Waals surface area contributed by atoms with Crippen LogP contribution in [0.25, 0.3) is 28.2 Å². The minimum Gasteiger partial charge on any atom is -0.493 e. The number of hydrogen-bond donors (Lipinski definition) is 1. The lowest BCUT2D eigenvalue weighted by molar-refractivity contribution is -0.132. The number of fused-ring (bicyclic) bond motifs is 1. The average Bonchev–Trinajstić information content (AvgIpc) is 2.89. The lowest BCUT2D eigenvalue weighted by Gasteiger charge is -2.14. The molecule has 0 unspecified atom stereocenters. The first-order valence-electron chi connectivity index (χ1n) is 11.8. The summed E-state index contributed by atoms with van der Waals surface area (Å²) in [7, 11) is 2.85. The summed E-state index contributed by atoms with van der Waals surface area (Å²) in [6.45, 7) is 5.11. The zero-order chi connectivity index (χ0) is 27.4. The molecule has 0 aliphatic carbocycles. The first kappa shape index (κ1) is 26.2. The van der Waals surface area contributed by atoms with E-state index in [9.17, 15) is 14.4 Å². The molecule has 0 atom stereocenters. The van der Waals surface area contributed by atoms with Gasteiger partial charge >= 0.3 is 11.6 Å². The minimum absolute atomic E-state index is 0.0451. The molecular weight excluding hydrogens is 486 g/mol. The monoisotopic (exact) mass is 513 g/mol. The van der Waals surface area contributed by atoms with Gasteiger partial charge in [-0.05, 0) is 60.4 Å². The number of carbonyl (C=O) groups is 2. The highest BCUT2D eigenvalue weighted by atomic mass is 16.6. The zero-order valence-electron chi connectivity index (χ0n) is 21.7. The van der Waals surface area contributed by atoms with Crippen molar-refractivity contribution in [3.05, 3.63) is 87.8 Å². The summed E-state index contributed by atoms with van der Waals surface area (Å²) in [6.07, 6.45) is 2.80. The molecule has 1 aromatic heterocycles. The highest BCUT2D eigenvalue weighted by molar-refractivity contribution is 6.08. The molecule has 0 saturated heterocycles. The van der Waals surface area contributed by atoms with Gasteiger partial charge in [-0.15, -0.1) is 0 Å². The summed E-state index contributed by atoms with van der Waals surface area (Å²) in [5.41, 5.74) is 3.59. The molecule has 1 heterocycles. The molecule has 4 rings (SSSR count). The van der Waals surface area contributed by atoms with Gasteiger partial charge in [0, 0.05) is 23.9 Å². The highest BCUT2D eigenvalue weighted by Gasteiger charge is 2.20. The van der Waals surface area contributed by atoms with E-state index in [1.807, 2.05) is 56.3 Å². The predicted octanol–water partition coefficient (Wildman–Crippen LogP) is 5.67. The molecule has 8 heteroatoms. The standard InChI is InChI=1S/C30H27NO7/c1-17-13-18(2)28-22(14-17)26(21-9-7-6-8-10-21)27(30(34)38-28)31-25(33)12-11-20-15-23(35-4)29(37-19(3)32)24(16-20)36-5/h6-16H,1-5H3,(H,31,33). The molecule has 1 N–H and O–H groups in total. The Balaban J connectivity index is 1.75. The molecule has 0 spiro atoms. The summed E-state index contributed by atoms with van der Waals surface area (Å²) in [5.74, 6) is -0.423. The molecule has 0 aliphatic rings. The second kappa shape index (κ2) is 11.0. The van der Waals surface area contributed by atoms with Crippen LogP contribution in [0.5, 0.6) is 17.2 Å². The van der Waals surface area contributed by atoms with Crippen molar-refractivity contribution >= 4 is 34.6 Å². The first-order chi connectivity index (χ1) is 18.2. The summed E-state index contributed by atoms with van der Waals surface area (Å²) >= 11 is 0. The van der Waals surface area contributed by atoms with Crippen molar-refractivity contribution in [1.29, 1.82) is 0 Å². The quantitative estimate of drug-likeness (QED) is 0.147. The second-order valence-electron chi connectivity index (χ2n) is 8.63. The normalized spacial score (nSPS) is 11.0. The molecule has 4 aromatic rings. The van der Waals surface area contributed by atoms with Crippen LogP contribution in [0.4, 0.5) is 5.69 Å². The SMILES string of the molecule is COc1cc(C=CC(=O)Nc2c(-c3ccccc3)c3cc(C)cc(C)c3oc2=O)cc(OC)c1OC(C)=O. The molecule has 194 valence electrons. The van der Waals surface area contributed by atoms with Crippen LogP contribution in [0, 0.1) is 13.8 Å². The Hall–Kier alpha value is -4.85. The number of aryl methyl sites for hydroxylation is 2. The van der Waals surface area contributed by atoms with Gasteiger partial charge in [-0.1, -0.05) is 36.4 Å². The van der Waals surface area contributed by atoms with Crippen LogP contribution in [0.3, 0.4) is 0 Å². The van der Waals surface area contributed by atoms with Crippen LogP contribution < -0.4 is 25.2 Å². The molecule has 8 nitrogen and oxygen atoms in total. The van der Waals surface area contributed by atoms with Crippen LogP contribution >= 0.6 is 0 Å². The van der Waals surface area contributed by atoms with Crippen molar-refractivity contribution in [2.75, 3.05) is 19.5 Å². The van der Waals surface area contributed by atoms with Gasteiger partial charge in [0.05, 0.1) is 14.2 Å². The van der Waals surface area contributed by atoms with Crippen molar-refractivity contribution in [3.8, 4) is 28.4 Å². The maximum atomic E-state index is 13.1. The van der Waals surface area contributed by atoms with Gasteiger partial charge in [-0.25, -0.2) is 4.79 Å². The molecule has 0 radical (unpaired) electrons. The van der Waals surface area contributed by atoms with E-state index < -0.39 is 17.5 Å². The van der Waals surface area contributed by atoms with Crippen LogP contribution in [-0.4, -0.2) is 26.1 Å². The molecule has 38 heavy (non-hydrogen) atoms. The number of anilines is 1. The number of amides is 1. The molecule has 0 aliphatic heterocycles. The van der Waals surface area contributed by atoms with E-state index in [-0.39, 0.29) is 22.9 Å². The van der Waals surface area contributed by atoms with Gasteiger partial charge in [0.1, 0.15) is 11.3 Å². The highest BCUT2D eigenvalue weighted by Crippen LogP contribution is 2.39. The number of rotatable bonds is 7. The Morgan fingerprint density at radius 2 is 1.61 bits per heavy atom. The summed E-state index contributed by atoms with van der Waals surface area (Å²) in [4.78, 5) is 37.6. The van der Waals surface area contributed by atoms with Crippen LogP contribution in [0.2, 0.25) is 0 Å². The second-order valence-corrected chi connectivity index (χ2v) is 8.63. The van der Waals surface area contributed by atoms with Gasteiger partial charge in [-0.2, -0.15) is 0 Å². The Morgan fingerprint density at radius 3 is 2.21 bits per heavy atom. The van der Waals surface area contributed by atoms with Crippen molar-refractivity contribution in [1.82, 2.24) is 0 Å². The number of esters is 1. The molecule has 0 saturated carbocycles. The fraction of sp³-hybridized carbons (Fsp3) is 0.167. The molecule has 3 aromatic carbocycles. The lowest BCUT2D eigenvalue weighted by atomic mass is 9.97. The Labute approximate surface area is 219 Å². The van der Waals surface area contributed by atoms with Crippen molar-refractivity contribution < 1.29 is 28.2 Å². The topological polar surface area (TPSA) is 104 Å². The fourth-order valence-corrected chi connectivity index (χ4v) is 4.25. The largest absolute Gasteiger partial charge is 0.493 e. The average molecular weight is 514 g/mol. The first-order valence-corrected chi connectivity index (χ1v) is 11.8. The van der Waals surface area contributed by atoms with Crippen LogP contribution in [-0.2, 0) is 9.59 Å². The van der Waals surface area contributed by atoms with Gasteiger partial charge in [-0.3, -0.25) is 9.59 Å². The van der Waals surface area contributed by atoms with E-state index in [4.69, 9.17) is 18.6 Å². The maximum Gasteiger partial charge on any atom is 0.360 e. The predicted molar refractivity (Wildman–Crippen MR) is 146 cm³/mol. The minimum atomic E-state index is -0.654. The Kier molecular flexibility index (Phi) is 7.62. The third-order valence-corrected chi connectivity index (χ3v) is 5.80. The molecule has 0 fully saturated rings. The van der Waals surface area contributed by atoms with Crippen molar-refractivity contribution in [2.45, 2.75) is 20.8 Å². The van der Waals surface area contributed by atoms with E-state index in [0.29, 0.717) is 16.7 Å². The lowest BCUT2D eigenvalue weighted by Crippen LogP contribution is -2.17. The number of benzene rings is 3. The third kappa shape index (κ3) is 5.44. The van der Waals surface area contributed by atoms with Gasteiger partial charge in [0.25, 0.3) is 0 Å². The van der Waals surface area contributed by atoms with Crippen LogP contribution in [0.15, 0.2) is 69.9 Å². The number of nitrogens with one attached hydrogen (secondary N) is 1. The molecule has 0 bridgehead atoms. The van der Waals surface area contributed by atoms with Crippen molar-refractivity contribution in [3.63, 3.8) is 0 Å².